The summed E-state index contributed by atoms with van der Waals surface area (Å²) in [5.74, 6) is 0. The highest BCUT2D eigenvalue weighted by Crippen LogP contribution is 2.30. The van der Waals surface area contributed by atoms with Gasteiger partial charge in [0.25, 0.3) is 0 Å². The average molecular weight is 430 g/mol. The van der Waals surface area contributed by atoms with Gasteiger partial charge >= 0.3 is 6.03 Å². The first kappa shape index (κ1) is 21.1. The zero-order chi connectivity index (χ0) is 21.6. The van der Waals surface area contributed by atoms with Crippen LogP contribution in [-0.2, 0) is 13.1 Å². The van der Waals surface area contributed by atoms with Crippen molar-refractivity contribution in [3.8, 4) is 0 Å². The van der Waals surface area contributed by atoms with Crippen molar-refractivity contribution in [2.24, 2.45) is 0 Å². The molecule has 0 aliphatic heterocycles. The van der Waals surface area contributed by atoms with Crippen LogP contribution in [0.2, 0.25) is 0 Å². The normalized spacial score (nSPS) is 12.4. The summed E-state index contributed by atoms with van der Waals surface area (Å²) in [6.45, 7) is 3.51. The third kappa shape index (κ3) is 4.95. The van der Waals surface area contributed by atoms with Crippen LogP contribution in [0.5, 0.6) is 0 Å². The van der Waals surface area contributed by atoms with E-state index in [4.69, 9.17) is 0 Å². The zero-order valence-electron chi connectivity index (χ0n) is 17.9. The maximum absolute atomic E-state index is 12.6. The number of carbonyl (C=O) groups excluding carboxylic acids is 1. The highest BCUT2D eigenvalue weighted by atomic mass is 32.2. The number of hydrogen-bond acceptors (Lipinski definition) is 2. The van der Waals surface area contributed by atoms with E-state index in [0.29, 0.717) is 6.54 Å². The molecule has 4 rings (SSSR count). The monoisotopic (exact) mass is 429 g/mol. The maximum Gasteiger partial charge on any atom is 0.326 e. The highest BCUT2D eigenvalue weighted by molar-refractivity contribution is 8.12. The topological polar surface area (TPSA) is 37.3 Å². The molecule has 1 N–H and O–H groups in total. The van der Waals surface area contributed by atoms with Gasteiger partial charge in [0.1, 0.15) is 0 Å². The summed E-state index contributed by atoms with van der Waals surface area (Å²) < 4.78 is 4.02. The summed E-state index contributed by atoms with van der Waals surface area (Å²) in [6.07, 6.45) is 1.81. The van der Waals surface area contributed by atoms with Crippen molar-refractivity contribution < 1.29 is 4.79 Å². The van der Waals surface area contributed by atoms with Gasteiger partial charge in [-0.15, -0.1) is 0 Å². The minimum atomic E-state index is -0.116. The fourth-order valence-corrected chi connectivity index (χ4v) is 5.37. The first-order valence-electron chi connectivity index (χ1n) is 10.4. The van der Waals surface area contributed by atoms with Crippen LogP contribution >= 0.6 is 10.7 Å². The molecule has 4 nitrogen and oxygen atoms in total. The Kier molecular flexibility index (Phi) is 6.65. The summed E-state index contributed by atoms with van der Waals surface area (Å²) in [4.78, 5) is 13.9. The second-order valence-corrected chi connectivity index (χ2v) is 9.56. The molecular weight excluding hydrogens is 402 g/mol. The summed E-state index contributed by atoms with van der Waals surface area (Å²) in [5, 5.41) is 6.33. The molecule has 5 heteroatoms. The molecule has 1 unspecified atom stereocenters. The molecule has 0 aliphatic carbocycles. The van der Waals surface area contributed by atoms with E-state index in [1.165, 1.54) is 10.5 Å². The fourth-order valence-electron chi connectivity index (χ4n) is 3.68. The lowest BCUT2D eigenvalue weighted by Gasteiger charge is -2.22. The number of aromatic nitrogens is 1. The first-order chi connectivity index (χ1) is 15.2. The average Bonchev–Trinajstić information content (AvgIpc) is 3.24. The lowest BCUT2D eigenvalue weighted by Crippen LogP contribution is -2.27. The Morgan fingerprint density at radius 3 is 2.39 bits per heavy atom. The summed E-state index contributed by atoms with van der Waals surface area (Å²) in [5.41, 5.74) is 3.31. The fraction of sp³-hybridized carbons (Fsp3) is 0.154. The maximum atomic E-state index is 12.6. The lowest BCUT2D eigenvalue weighted by atomic mass is 10.2. The molecule has 0 fully saturated rings. The van der Waals surface area contributed by atoms with Crippen LogP contribution in [0.25, 0.3) is 10.9 Å². The van der Waals surface area contributed by atoms with Crippen molar-refractivity contribution in [1.29, 1.82) is 0 Å². The standard InChI is InChI=1S/C26H27N3OS/c1-3-31(28(2)20-22-9-5-4-6-10-22)24-15-13-21(14-16-24)19-27-26(30)29-18-17-23-11-7-8-12-25(23)29/h3-18H,19-20H2,1-2H3,(H,27,30). The van der Waals surface area contributed by atoms with Crippen LogP contribution in [0.4, 0.5) is 4.79 Å². The predicted octanol–water partition coefficient (Wildman–Crippen LogP) is 5.90. The van der Waals surface area contributed by atoms with E-state index in [-0.39, 0.29) is 16.7 Å². The molecule has 0 radical (unpaired) electrons. The zero-order valence-corrected chi connectivity index (χ0v) is 18.7. The molecule has 0 saturated carbocycles. The van der Waals surface area contributed by atoms with Crippen molar-refractivity contribution in [1.82, 2.24) is 14.2 Å². The van der Waals surface area contributed by atoms with Gasteiger partial charge in [0.15, 0.2) is 0 Å². The third-order valence-corrected chi connectivity index (χ3v) is 7.24. The Bertz CT molecular complexity index is 1200. The van der Waals surface area contributed by atoms with Crippen molar-refractivity contribution in [3.63, 3.8) is 0 Å². The number of para-hydroxylation sites is 1. The number of carbonyl (C=O) groups is 1. The molecule has 0 saturated heterocycles. The van der Waals surface area contributed by atoms with E-state index in [9.17, 15) is 4.79 Å². The van der Waals surface area contributed by atoms with E-state index in [1.54, 1.807) is 4.57 Å². The Balaban J connectivity index is 1.40. The van der Waals surface area contributed by atoms with Gasteiger partial charge in [-0.3, -0.25) is 8.87 Å². The second-order valence-electron chi connectivity index (χ2n) is 7.37. The second kappa shape index (κ2) is 9.77. The molecule has 0 aliphatic rings. The van der Waals surface area contributed by atoms with Crippen molar-refractivity contribution in [2.75, 3.05) is 7.05 Å². The van der Waals surface area contributed by atoms with Gasteiger partial charge in [0, 0.05) is 29.6 Å². The van der Waals surface area contributed by atoms with Crippen LogP contribution in [0, 0.1) is 0 Å². The van der Waals surface area contributed by atoms with E-state index >= 15 is 0 Å². The quantitative estimate of drug-likeness (QED) is 0.388. The molecule has 4 aromatic rings. The largest absolute Gasteiger partial charge is 0.333 e. The molecule has 0 bridgehead atoms. The predicted molar refractivity (Wildman–Crippen MR) is 132 cm³/mol. The van der Waals surface area contributed by atoms with Gasteiger partial charge in [0.2, 0.25) is 0 Å². The number of rotatable bonds is 6. The van der Waals surface area contributed by atoms with Crippen LogP contribution in [0.1, 0.15) is 18.1 Å². The van der Waals surface area contributed by atoms with Crippen LogP contribution in [-0.4, -0.2) is 27.3 Å². The van der Waals surface area contributed by atoms with Gasteiger partial charge in [-0.25, -0.2) is 4.79 Å². The van der Waals surface area contributed by atoms with E-state index in [2.05, 4.69) is 77.5 Å². The Labute approximate surface area is 186 Å². The third-order valence-electron chi connectivity index (χ3n) is 5.23. The first-order valence-corrected chi connectivity index (χ1v) is 11.6. The number of hydrogen-bond donors (Lipinski definition) is 1. The van der Waals surface area contributed by atoms with Gasteiger partial charge in [-0.05, 0) is 54.7 Å². The highest BCUT2D eigenvalue weighted by Gasteiger charge is 2.10. The number of nitrogens with zero attached hydrogens (tertiary/aromatic N) is 2. The van der Waals surface area contributed by atoms with Crippen molar-refractivity contribution in [3.05, 3.63) is 102 Å². The molecule has 0 spiro atoms. The van der Waals surface area contributed by atoms with E-state index < -0.39 is 0 Å². The Morgan fingerprint density at radius 2 is 1.65 bits per heavy atom. The molecule has 1 heterocycles. The Morgan fingerprint density at radius 1 is 0.935 bits per heavy atom. The lowest BCUT2D eigenvalue weighted by molar-refractivity contribution is 0.243. The van der Waals surface area contributed by atoms with Gasteiger partial charge in [0.05, 0.1) is 5.52 Å². The minimum absolute atomic E-state index is 0.0842. The van der Waals surface area contributed by atoms with Crippen LogP contribution in [0.15, 0.2) is 96.0 Å². The summed E-state index contributed by atoms with van der Waals surface area (Å²) in [6, 6.07) is 28.8. The van der Waals surface area contributed by atoms with E-state index in [1.807, 2.05) is 42.6 Å². The van der Waals surface area contributed by atoms with Gasteiger partial charge in [-0.2, -0.15) is 0 Å². The molecule has 31 heavy (non-hydrogen) atoms. The van der Waals surface area contributed by atoms with Gasteiger partial charge in [-0.1, -0.05) is 71.3 Å². The van der Waals surface area contributed by atoms with E-state index in [0.717, 1.165) is 23.0 Å². The van der Waals surface area contributed by atoms with Crippen LogP contribution < -0.4 is 5.32 Å². The molecule has 3 aromatic carbocycles. The molecule has 1 aromatic heterocycles. The summed E-state index contributed by atoms with van der Waals surface area (Å²) >= 11 is 0. The van der Waals surface area contributed by atoms with Gasteiger partial charge < -0.3 is 5.32 Å². The smallest absolute Gasteiger partial charge is 0.326 e. The summed E-state index contributed by atoms with van der Waals surface area (Å²) in [7, 11) is 2.07. The molecule has 1 atom stereocenters. The number of benzene rings is 3. The van der Waals surface area contributed by atoms with Crippen molar-refractivity contribution in [2.45, 2.75) is 24.9 Å². The van der Waals surface area contributed by atoms with Crippen molar-refractivity contribution >= 4 is 33.0 Å². The molecular formula is C26H27N3OS. The Hall–Kier alpha value is -3.15. The number of amides is 1. The number of nitrogens with one attached hydrogen (secondary N) is 1. The SMILES string of the molecule is C/C=S(\c1ccc(CNC(=O)n2ccc3ccccc32)cc1)N(C)Cc1ccccc1. The van der Waals surface area contributed by atoms with Crippen LogP contribution in [0.3, 0.4) is 0 Å². The minimum Gasteiger partial charge on any atom is -0.333 e. The molecule has 1 amide bonds. The number of fused-ring (bicyclic) bond motifs is 1. The molecule has 158 valence electrons.